The number of hydrogen-bond donors (Lipinski definition) is 0. The van der Waals surface area contributed by atoms with E-state index in [1.54, 1.807) is 0 Å². The molecule has 1 heterocycles. The van der Waals surface area contributed by atoms with Gasteiger partial charge in [-0.05, 0) is 6.42 Å². The van der Waals surface area contributed by atoms with Crippen molar-refractivity contribution in [3.8, 4) is 0 Å². The summed E-state index contributed by atoms with van der Waals surface area (Å²) in [5, 5.41) is 0. The van der Waals surface area contributed by atoms with Gasteiger partial charge in [-0.1, -0.05) is 39.0 Å². The molecule has 0 bridgehead atoms. The maximum Gasteiger partial charge on any atom is 1.00 e. The SMILES string of the molecule is CCCCCCCCC(=O)N1C(=O)CCC1=O.[H-].[Na+]. The minimum Gasteiger partial charge on any atom is -1.00 e. The molecule has 5 heteroatoms. The summed E-state index contributed by atoms with van der Waals surface area (Å²) in [6, 6.07) is 0. The average molecular weight is 263 g/mol. The van der Waals surface area contributed by atoms with Gasteiger partial charge in [-0.25, -0.2) is 4.90 Å². The fraction of sp³-hybridized carbons (Fsp3) is 0.769. The summed E-state index contributed by atoms with van der Waals surface area (Å²) >= 11 is 0. The molecule has 1 rings (SSSR count). The zero-order valence-corrected chi connectivity index (χ0v) is 13.5. The van der Waals surface area contributed by atoms with Crippen LogP contribution in [-0.2, 0) is 14.4 Å². The third-order valence-corrected chi connectivity index (χ3v) is 3.05. The zero-order valence-electron chi connectivity index (χ0n) is 12.5. The summed E-state index contributed by atoms with van der Waals surface area (Å²) in [6.45, 7) is 2.16. The van der Waals surface area contributed by atoms with Crippen molar-refractivity contribution in [2.45, 2.75) is 64.7 Å². The molecule has 0 unspecified atom stereocenters. The van der Waals surface area contributed by atoms with Crippen molar-refractivity contribution < 1.29 is 45.4 Å². The van der Waals surface area contributed by atoms with E-state index in [4.69, 9.17) is 0 Å². The van der Waals surface area contributed by atoms with Crippen molar-refractivity contribution in [3.63, 3.8) is 0 Å². The molecule has 0 saturated carbocycles. The second-order valence-corrected chi connectivity index (χ2v) is 4.53. The summed E-state index contributed by atoms with van der Waals surface area (Å²) in [6.07, 6.45) is 7.26. The van der Waals surface area contributed by atoms with E-state index in [1.807, 2.05) is 0 Å². The van der Waals surface area contributed by atoms with Crippen molar-refractivity contribution in [2.24, 2.45) is 0 Å². The van der Waals surface area contributed by atoms with Gasteiger partial charge in [0.25, 0.3) is 0 Å². The summed E-state index contributed by atoms with van der Waals surface area (Å²) in [5.74, 6) is -0.968. The van der Waals surface area contributed by atoms with Crippen LogP contribution in [0.3, 0.4) is 0 Å². The van der Waals surface area contributed by atoms with Gasteiger partial charge in [-0.3, -0.25) is 14.4 Å². The van der Waals surface area contributed by atoms with Gasteiger partial charge in [0.2, 0.25) is 17.7 Å². The monoisotopic (exact) mass is 263 g/mol. The number of carbonyl (C=O) groups excluding carboxylic acids is 3. The Balaban J connectivity index is 0. The van der Waals surface area contributed by atoms with E-state index in [2.05, 4.69) is 6.92 Å². The van der Waals surface area contributed by atoms with Crippen LogP contribution in [0.25, 0.3) is 0 Å². The van der Waals surface area contributed by atoms with Crippen molar-refractivity contribution in [1.29, 1.82) is 0 Å². The fourth-order valence-electron chi connectivity index (χ4n) is 2.02. The van der Waals surface area contributed by atoms with Gasteiger partial charge in [0, 0.05) is 19.3 Å². The van der Waals surface area contributed by atoms with Crippen LogP contribution in [0.2, 0.25) is 0 Å². The normalized spacial score (nSPS) is 14.8. The number of carbonyl (C=O) groups is 3. The van der Waals surface area contributed by atoms with Crippen LogP contribution in [0.1, 0.15) is 66.1 Å². The Bertz CT molecular complexity index is 294. The topological polar surface area (TPSA) is 54.5 Å². The predicted molar refractivity (Wildman–Crippen MR) is 65.2 cm³/mol. The molecule has 1 aliphatic heterocycles. The van der Waals surface area contributed by atoms with E-state index in [0.717, 1.165) is 24.2 Å². The van der Waals surface area contributed by atoms with Crippen LogP contribution in [0.4, 0.5) is 0 Å². The molecule has 1 fully saturated rings. The average Bonchev–Trinajstić information content (AvgIpc) is 2.63. The minimum atomic E-state index is -0.328. The maximum absolute atomic E-state index is 11.6. The summed E-state index contributed by atoms with van der Waals surface area (Å²) < 4.78 is 0. The van der Waals surface area contributed by atoms with Gasteiger partial charge in [0.05, 0.1) is 0 Å². The summed E-state index contributed by atoms with van der Waals surface area (Å²) in [7, 11) is 0. The minimum absolute atomic E-state index is 0. The maximum atomic E-state index is 11.6. The van der Waals surface area contributed by atoms with Gasteiger partial charge in [0.15, 0.2) is 0 Å². The third-order valence-electron chi connectivity index (χ3n) is 3.05. The Morgan fingerprint density at radius 2 is 1.56 bits per heavy atom. The molecule has 1 aliphatic rings. The van der Waals surface area contributed by atoms with Crippen LogP contribution >= 0.6 is 0 Å². The summed E-state index contributed by atoms with van der Waals surface area (Å²) in [5.41, 5.74) is 0. The summed E-state index contributed by atoms with van der Waals surface area (Å²) in [4.78, 5) is 35.0. The molecule has 0 aromatic heterocycles. The first-order valence-electron chi connectivity index (χ1n) is 6.55. The predicted octanol–water partition coefficient (Wildman–Crippen LogP) is -0.471. The van der Waals surface area contributed by atoms with Crippen molar-refractivity contribution in [2.75, 3.05) is 0 Å². The standard InChI is InChI=1S/C13H21NO3.Na.H/c1-2-3-4-5-6-7-8-11(15)14-12(16)9-10-13(14)17;;/h2-10H2,1H3;;/q;+1;-1. The smallest absolute Gasteiger partial charge is 1.00 e. The van der Waals surface area contributed by atoms with E-state index < -0.39 is 0 Å². The van der Waals surface area contributed by atoms with Gasteiger partial charge >= 0.3 is 29.6 Å². The second-order valence-electron chi connectivity index (χ2n) is 4.53. The number of rotatable bonds is 7. The number of imide groups is 3. The van der Waals surface area contributed by atoms with Crippen LogP contribution in [0.15, 0.2) is 0 Å². The Morgan fingerprint density at radius 3 is 2.11 bits per heavy atom. The molecule has 18 heavy (non-hydrogen) atoms. The number of nitrogens with zero attached hydrogens (tertiary/aromatic N) is 1. The fourth-order valence-corrected chi connectivity index (χ4v) is 2.02. The number of unbranched alkanes of at least 4 members (excludes halogenated alkanes) is 5. The molecular weight excluding hydrogens is 241 g/mol. The molecule has 0 aromatic rings. The Hall–Kier alpha value is -0.190. The quantitative estimate of drug-likeness (QED) is 0.354. The van der Waals surface area contributed by atoms with Gasteiger partial charge in [-0.2, -0.15) is 0 Å². The van der Waals surface area contributed by atoms with Crippen LogP contribution in [0, 0.1) is 0 Å². The molecule has 3 amide bonds. The second kappa shape index (κ2) is 9.70. The zero-order chi connectivity index (χ0) is 12.7. The van der Waals surface area contributed by atoms with Crippen molar-refractivity contribution >= 4 is 17.7 Å². The number of amides is 3. The molecule has 0 atom stereocenters. The largest absolute Gasteiger partial charge is 1.00 e. The van der Waals surface area contributed by atoms with Gasteiger partial charge in [0.1, 0.15) is 0 Å². The Kier molecular flexibility index (Phi) is 9.60. The van der Waals surface area contributed by atoms with E-state index in [1.165, 1.54) is 19.3 Å². The van der Waals surface area contributed by atoms with E-state index in [0.29, 0.717) is 6.42 Å². The first-order chi connectivity index (χ1) is 8.16. The Labute approximate surface area is 132 Å². The van der Waals surface area contributed by atoms with E-state index in [-0.39, 0.29) is 61.5 Å². The van der Waals surface area contributed by atoms with E-state index in [9.17, 15) is 14.4 Å². The molecule has 98 valence electrons. The molecule has 0 aromatic carbocycles. The molecule has 1 saturated heterocycles. The van der Waals surface area contributed by atoms with Crippen molar-refractivity contribution in [1.82, 2.24) is 4.90 Å². The first kappa shape index (κ1) is 17.8. The molecule has 0 radical (unpaired) electrons. The number of hydrogen-bond acceptors (Lipinski definition) is 3. The Morgan fingerprint density at radius 1 is 1.06 bits per heavy atom. The molecule has 0 N–H and O–H groups in total. The van der Waals surface area contributed by atoms with Gasteiger partial charge < -0.3 is 1.43 Å². The van der Waals surface area contributed by atoms with Crippen LogP contribution in [0.5, 0.6) is 0 Å². The van der Waals surface area contributed by atoms with Crippen molar-refractivity contribution in [3.05, 3.63) is 0 Å². The molecule has 4 nitrogen and oxygen atoms in total. The molecular formula is C13H22NNaO3. The van der Waals surface area contributed by atoms with E-state index >= 15 is 0 Å². The third kappa shape index (κ3) is 5.63. The molecule has 0 spiro atoms. The van der Waals surface area contributed by atoms with Crippen LogP contribution in [-0.4, -0.2) is 22.6 Å². The molecule has 0 aliphatic carbocycles. The first-order valence-corrected chi connectivity index (χ1v) is 6.55. The number of likely N-dealkylation sites (tertiary alicyclic amines) is 1. The van der Waals surface area contributed by atoms with Gasteiger partial charge in [-0.15, -0.1) is 0 Å². The van der Waals surface area contributed by atoms with Crippen LogP contribution < -0.4 is 29.6 Å².